The second-order valence-corrected chi connectivity index (χ2v) is 4.76. The third-order valence-corrected chi connectivity index (χ3v) is 3.78. The van der Waals surface area contributed by atoms with Crippen molar-refractivity contribution in [2.45, 2.75) is 31.6 Å². The van der Waals surface area contributed by atoms with Crippen LogP contribution in [-0.2, 0) is 4.79 Å². The maximum absolute atomic E-state index is 12.5. The summed E-state index contributed by atoms with van der Waals surface area (Å²) in [5.41, 5.74) is 0. The highest BCUT2D eigenvalue weighted by atomic mass is 19.4. The highest BCUT2D eigenvalue weighted by Crippen LogP contribution is 2.55. The van der Waals surface area contributed by atoms with Gasteiger partial charge in [-0.05, 0) is 25.2 Å². The van der Waals surface area contributed by atoms with E-state index in [1.54, 1.807) is 0 Å². The molecule has 0 saturated heterocycles. The summed E-state index contributed by atoms with van der Waals surface area (Å²) in [4.78, 5) is 11.5. The molecule has 0 heterocycles. The molecule has 2 aliphatic rings. The first-order valence-corrected chi connectivity index (χ1v) is 5.29. The van der Waals surface area contributed by atoms with E-state index in [0.717, 1.165) is 0 Å². The molecule has 0 aromatic rings. The maximum atomic E-state index is 12.5. The number of carbonyl (C=O) groups is 1. The Morgan fingerprint density at radius 3 is 1.88 bits per heavy atom. The summed E-state index contributed by atoms with van der Waals surface area (Å²) in [5.74, 6) is -7.58. The quantitative estimate of drug-likeness (QED) is 0.661. The van der Waals surface area contributed by atoms with Gasteiger partial charge in [0.05, 0.1) is 0 Å². The van der Waals surface area contributed by atoms with Gasteiger partial charge in [0.15, 0.2) is 5.92 Å². The number of alkyl halides is 6. The molecule has 2 saturated carbocycles. The molecule has 3 atom stereocenters. The Balaban J connectivity index is 2.32. The van der Waals surface area contributed by atoms with Crippen LogP contribution in [0.1, 0.15) is 19.3 Å². The van der Waals surface area contributed by atoms with Crippen LogP contribution in [0.15, 0.2) is 0 Å². The van der Waals surface area contributed by atoms with Crippen LogP contribution in [0.3, 0.4) is 0 Å². The summed E-state index contributed by atoms with van der Waals surface area (Å²) >= 11 is 0. The standard InChI is InChI=1S/C10H10F6O/c11-9(12,13)8(10(14,15)16)6-4-1-2-5(3-4)7(6)17/h4-6,8H,1-3H2. The van der Waals surface area contributed by atoms with E-state index in [4.69, 9.17) is 0 Å². The van der Waals surface area contributed by atoms with Crippen molar-refractivity contribution in [3.63, 3.8) is 0 Å². The molecule has 0 aromatic heterocycles. The largest absolute Gasteiger partial charge is 0.401 e. The number of halogens is 6. The van der Waals surface area contributed by atoms with Gasteiger partial charge in [0.2, 0.25) is 0 Å². The van der Waals surface area contributed by atoms with E-state index in [-0.39, 0.29) is 6.42 Å². The number of Topliss-reactive ketones (excluding diaryl/α,β-unsaturated/α-hetero) is 1. The minimum absolute atomic E-state index is 0.187. The molecule has 0 spiro atoms. The fourth-order valence-corrected chi connectivity index (χ4v) is 3.13. The summed E-state index contributed by atoms with van der Waals surface area (Å²) in [7, 11) is 0. The average Bonchev–Trinajstić information content (AvgIpc) is 2.64. The first kappa shape index (κ1) is 12.7. The van der Waals surface area contributed by atoms with Gasteiger partial charge in [-0.3, -0.25) is 4.79 Å². The number of rotatable bonds is 1. The van der Waals surface area contributed by atoms with Crippen LogP contribution in [0.5, 0.6) is 0 Å². The molecule has 98 valence electrons. The van der Waals surface area contributed by atoms with Crippen LogP contribution in [0.2, 0.25) is 0 Å². The van der Waals surface area contributed by atoms with Gasteiger partial charge in [0, 0.05) is 11.8 Å². The molecular formula is C10H10F6O. The van der Waals surface area contributed by atoms with E-state index in [2.05, 4.69) is 0 Å². The molecule has 2 fully saturated rings. The lowest BCUT2D eigenvalue weighted by Crippen LogP contribution is -2.46. The summed E-state index contributed by atoms with van der Waals surface area (Å²) in [6.45, 7) is 0. The first-order chi connectivity index (χ1) is 7.62. The minimum atomic E-state index is -5.40. The molecular weight excluding hydrogens is 250 g/mol. The van der Waals surface area contributed by atoms with E-state index in [0.29, 0.717) is 12.8 Å². The second kappa shape index (κ2) is 3.62. The second-order valence-electron chi connectivity index (χ2n) is 4.76. The fraction of sp³-hybridized carbons (Fsp3) is 0.900. The molecule has 0 amide bonds. The number of hydrogen-bond donors (Lipinski definition) is 0. The summed E-state index contributed by atoms with van der Waals surface area (Å²) in [6, 6.07) is 0. The Bertz CT molecular complexity index is 317. The third kappa shape index (κ3) is 2.04. The van der Waals surface area contributed by atoms with Crippen molar-refractivity contribution >= 4 is 5.78 Å². The van der Waals surface area contributed by atoms with Gasteiger partial charge in [-0.25, -0.2) is 0 Å². The number of ketones is 1. The molecule has 17 heavy (non-hydrogen) atoms. The Labute approximate surface area is 93.2 Å². The van der Waals surface area contributed by atoms with Crippen molar-refractivity contribution in [1.82, 2.24) is 0 Å². The molecule has 7 heteroatoms. The molecule has 0 N–H and O–H groups in total. The van der Waals surface area contributed by atoms with Crippen molar-refractivity contribution in [1.29, 1.82) is 0 Å². The smallest absolute Gasteiger partial charge is 0.299 e. The molecule has 0 aromatic carbocycles. The summed E-state index contributed by atoms with van der Waals surface area (Å²) in [5, 5.41) is 0. The zero-order valence-corrected chi connectivity index (χ0v) is 8.61. The summed E-state index contributed by atoms with van der Waals surface area (Å²) in [6.07, 6.45) is -9.88. The monoisotopic (exact) mass is 260 g/mol. The minimum Gasteiger partial charge on any atom is -0.299 e. The lowest BCUT2D eigenvalue weighted by Gasteiger charge is -2.32. The lowest BCUT2D eigenvalue weighted by molar-refractivity contribution is -0.299. The Hall–Kier alpha value is -0.750. The molecule has 2 rings (SSSR count). The van der Waals surface area contributed by atoms with E-state index in [1.165, 1.54) is 0 Å². The molecule has 2 aliphatic carbocycles. The van der Waals surface area contributed by atoms with Crippen molar-refractivity contribution in [3.8, 4) is 0 Å². The molecule has 0 aliphatic heterocycles. The fourth-order valence-electron chi connectivity index (χ4n) is 3.13. The van der Waals surface area contributed by atoms with Gasteiger partial charge in [-0.15, -0.1) is 0 Å². The van der Waals surface area contributed by atoms with Gasteiger partial charge in [-0.1, -0.05) is 0 Å². The predicted molar refractivity (Wildman–Crippen MR) is 44.9 cm³/mol. The molecule has 2 bridgehead atoms. The van der Waals surface area contributed by atoms with Crippen molar-refractivity contribution in [2.75, 3.05) is 0 Å². The van der Waals surface area contributed by atoms with Gasteiger partial charge < -0.3 is 0 Å². The SMILES string of the molecule is O=C1C2CCC(C2)C1C(C(F)(F)F)C(F)(F)F. The third-order valence-electron chi connectivity index (χ3n) is 3.78. The van der Waals surface area contributed by atoms with Crippen LogP contribution in [-0.4, -0.2) is 18.1 Å². The maximum Gasteiger partial charge on any atom is 0.401 e. The van der Waals surface area contributed by atoms with Crippen LogP contribution in [0, 0.1) is 23.7 Å². The van der Waals surface area contributed by atoms with Crippen molar-refractivity contribution < 1.29 is 31.1 Å². The van der Waals surface area contributed by atoms with Gasteiger partial charge in [0.1, 0.15) is 5.78 Å². The predicted octanol–water partition coefficient (Wildman–Crippen LogP) is 3.34. The van der Waals surface area contributed by atoms with E-state index in [9.17, 15) is 31.1 Å². The normalized spacial score (nSPS) is 33.8. The van der Waals surface area contributed by atoms with E-state index >= 15 is 0 Å². The lowest BCUT2D eigenvalue weighted by atomic mass is 9.77. The Morgan fingerprint density at radius 2 is 1.53 bits per heavy atom. The van der Waals surface area contributed by atoms with Crippen molar-refractivity contribution in [3.05, 3.63) is 0 Å². The highest BCUT2D eigenvalue weighted by Gasteiger charge is 2.66. The zero-order valence-electron chi connectivity index (χ0n) is 8.61. The number of hydrogen-bond acceptors (Lipinski definition) is 1. The Kier molecular flexibility index (Phi) is 2.70. The van der Waals surface area contributed by atoms with Gasteiger partial charge in [-0.2, -0.15) is 26.3 Å². The van der Waals surface area contributed by atoms with Gasteiger partial charge in [0.25, 0.3) is 0 Å². The van der Waals surface area contributed by atoms with Crippen molar-refractivity contribution in [2.24, 2.45) is 23.7 Å². The molecule has 0 radical (unpaired) electrons. The van der Waals surface area contributed by atoms with E-state index in [1.807, 2.05) is 0 Å². The number of carbonyl (C=O) groups excluding carboxylic acids is 1. The molecule has 1 nitrogen and oxygen atoms in total. The van der Waals surface area contributed by atoms with Crippen LogP contribution < -0.4 is 0 Å². The first-order valence-electron chi connectivity index (χ1n) is 5.29. The zero-order chi connectivity index (χ0) is 13.0. The van der Waals surface area contributed by atoms with Gasteiger partial charge >= 0.3 is 12.4 Å². The summed E-state index contributed by atoms with van der Waals surface area (Å²) < 4.78 is 75.0. The van der Waals surface area contributed by atoms with Crippen LogP contribution in [0.4, 0.5) is 26.3 Å². The molecule has 3 unspecified atom stereocenters. The van der Waals surface area contributed by atoms with Crippen LogP contribution in [0.25, 0.3) is 0 Å². The topological polar surface area (TPSA) is 17.1 Å². The number of fused-ring (bicyclic) bond motifs is 2. The van der Waals surface area contributed by atoms with E-state index < -0.39 is 41.8 Å². The van der Waals surface area contributed by atoms with Crippen LogP contribution >= 0.6 is 0 Å². The Morgan fingerprint density at radius 1 is 1.00 bits per heavy atom. The average molecular weight is 260 g/mol. The highest BCUT2D eigenvalue weighted by molar-refractivity contribution is 5.87.